The van der Waals surface area contributed by atoms with Gasteiger partial charge in [0.2, 0.25) is 0 Å². The molecule has 0 fully saturated rings. The molecule has 30 heavy (non-hydrogen) atoms. The summed E-state index contributed by atoms with van der Waals surface area (Å²) in [5.74, 6) is 0.555. The molecule has 0 atom stereocenters. The molecule has 150 valence electrons. The molecular weight excluding hydrogens is 384 g/mol. The van der Waals surface area contributed by atoms with E-state index in [0.29, 0.717) is 22.9 Å². The number of rotatable bonds is 6. The maximum Gasteiger partial charge on any atom is 0.269 e. The van der Waals surface area contributed by atoms with E-state index in [9.17, 15) is 14.9 Å². The number of anilines is 1. The fraction of sp³-hybridized carbons (Fsp3) is 0.0909. The number of hydrogen-bond acceptors (Lipinski definition) is 5. The van der Waals surface area contributed by atoms with Crippen LogP contribution < -0.4 is 10.1 Å². The van der Waals surface area contributed by atoms with Gasteiger partial charge in [0.05, 0.1) is 4.92 Å². The van der Waals surface area contributed by atoms with Crippen LogP contribution in [-0.4, -0.2) is 26.8 Å². The number of nitrogens with zero attached hydrogens (tertiary/aromatic N) is 3. The zero-order chi connectivity index (χ0) is 21.1. The first-order valence-electron chi connectivity index (χ1n) is 9.22. The average Bonchev–Trinajstić information content (AvgIpc) is 3.10. The number of nitro benzene ring substituents is 1. The summed E-state index contributed by atoms with van der Waals surface area (Å²) in [5.41, 5.74) is 3.24. The van der Waals surface area contributed by atoms with E-state index < -0.39 is 4.92 Å². The largest absolute Gasteiger partial charge is 0.484 e. The van der Waals surface area contributed by atoms with Gasteiger partial charge in [-0.15, -0.1) is 0 Å². The van der Waals surface area contributed by atoms with E-state index in [2.05, 4.69) is 10.3 Å². The number of nitro groups is 1. The summed E-state index contributed by atoms with van der Waals surface area (Å²) < 4.78 is 7.30. The molecule has 0 bridgehead atoms. The van der Waals surface area contributed by atoms with Crippen molar-refractivity contribution in [2.45, 2.75) is 6.92 Å². The minimum absolute atomic E-state index is 0.0413. The molecule has 0 radical (unpaired) electrons. The number of ether oxygens (including phenoxy) is 1. The van der Waals surface area contributed by atoms with Crippen LogP contribution in [0.15, 0.2) is 72.9 Å². The first-order chi connectivity index (χ1) is 14.5. The Hall–Kier alpha value is -4.20. The van der Waals surface area contributed by atoms with Gasteiger partial charge in [-0.3, -0.25) is 19.3 Å². The Kier molecular flexibility index (Phi) is 5.13. The van der Waals surface area contributed by atoms with Gasteiger partial charge in [0.25, 0.3) is 11.6 Å². The van der Waals surface area contributed by atoms with E-state index in [1.165, 1.54) is 24.3 Å². The maximum absolute atomic E-state index is 12.6. The van der Waals surface area contributed by atoms with Crippen molar-refractivity contribution in [2.24, 2.45) is 0 Å². The molecule has 2 aromatic heterocycles. The number of fused-ring (bicyclic) bond motifs is 1. The molecule has 0 aliphatic heterocycles. The molecule has 0 aliphatic carbocycles. The van der Waals surface area contributed by atoms with Crippen LogP contribution in [0.1, 0.15) is 5.56 Å². The number of nitrogens with one attached hydrogen (secondary N) is 1. The second-order valence-electron chi connectivity index (χ2n) is 6.70. The summed E-state index contributed by atoms with van der Waals surface area (Å²) in [6.45, 7) is 1.72. The highest BCUT2D eigenvalue weighted by atomic mass is 16.6. The number of benzene rings is 2. The van der Waals surface area contributed by atoms with Crippen molar-refractivity contribution in [1.29, 1.82) is 0 Å². The molecule has 4 aromatic rings. The SMILES string of the molecule is Cc1ccc2nc(-c3ccccc3)c(NC(=O)COc3ccc([N+](=O)[O-])cc3)n2c1. The molecule has 0 aliphatic rings. The van der Waals surface area contributed by atoms with Crippen molar-refractivity contribution in [3.63, 3.8) is 0 Å². The Morgan fingerprint density at radius 1 is 1.10 bits per heavy atom. The van der Waals surface area contributed by atoms with E-state index in [0.717, 1.165) is 11.1 Å². The summed E-state index contributed by atoms with van der Waals surface area (Å²) in [6.07, 6.45) is 1.90. The number of aromatic nitrogens is 2. The molecule has 1 N–H and O–H groups in total. The smallest absolute Gasteiger partial charge is 0.269 e. The first-order valence-corrected chi connectivity index (χ1v) is 9.22. The second kappa shape index (κ2) is 8.04. The maximum atomic E-state index is 12.6. The fourth-order valence-electron chi connectivity index (χ4n) is 3.05. The van der Waals surface area contributed by atoms with E-state index >= 15 is 0 Å². The lowest BCUT2D eigenvalue weighted by molar-refractivity contribution is -0.384. The number of hydrogen-bond donors (Lipinski definition) is 1. The molecule has 0 unspecified atom stereocenters. The van der Waals surface area contributed by atoms with Gasteiger partial charge < -0.3 is 10.1 Å². The van der Waals surface area contributed by atoms with Gasteiger partial charge in [-0.25, -0.2) is 4.98 Å². The Morgan fingerprint density at radius 2 is 1.83 bits per heavy atom. The van der Waals surface area contributed by atoms with Crippen LogP contribution in [0.3, 0.4) is 0 Å². The van der Waals surface area contributed by atoms with Crippen LogP contribution in [-0.2, 0) is 4.79 Å². The second-order valence-corrected chi connectivity index (χ2v) is 6.70. The third-order valence-corrected chi connectivity index (χ3v) is 4.49. The van der Waals surface area contributed by atoms with Crippen LogP contribution >= 0.6 is 0 Å². The average molecular weight is 402 g/mol. The molecule has 4 rings (SSSR count). The monoisotopic (exact) mass is 402 g/mol. The topological polar surface area (TPSA) is 98.8 Å². The van der Waals surface area contributed by atoms with Crippen molar-refractivity contribution >= 4 is 23.1 Å². The molecular formula is C22H18N4O4. The number of amides is 1. The van der Waals surface area contributed by atoms with Crippen LogP contribution in [0.2, 0.25) is 0 Å². The number of aryl methyl sites for hydroxylation is 1. The highest BCUT2D eigenvalue weighted by Gasteiger charge is 2.17. The van der Waals surface area contributed by atoms with Crippen molar-refractivity contribution in [1.82, 2.24) is 9.38 Å². The third kappa shape index (κ3) is 3.97. The Morgan fingerprint density at radius 3 is 2.53 bits per heavy atom. The Balaban J connectivity index is 1.57. The lowest BCUT2D eigenvalue weighted by atomic mass is 10.1. The lowest BCUT2D eigenvalue weighted by Crippen LogP contribution is -2.21. The summed E-state index contributed by atoms with van der Waals surface area (Å²) in [4.78, 5) is 27.5. The zero-order valence-corrected chi connectivity index (χ0v) is 16.1. The summed E-state index contributed by atoms with van der Waals surface area (Å²) in [6, 6.07) is 19.0. The van der Waals surface area contributed by atoms with Crippen molar-refractivity contribution in [2.75, 3.05) is 11.9 Å². The van der Waals surface area contributed by atoms with E-state index in [1.54, 1.807) is 0 Å². The van der Waals surface area contributed by atoms with Crippen molar-refractivity contribution < 1.29 is 14.5 Å². The molecule has 0 saturated heterocycles. The number of carbonyl (C=O) groups excluding carboxylic acids is 1. The highest BCUT2D eigenvalue weighted by molar-refractivity contribution is 5.95. The molecule has 8 heteroatoms. The van der Waals surface area contributed by atoms with Gasteiger partial charge in [-0.2, -0.15) is 0 Å². The van der Waals surface area contributed by atoms with Gasteiger partial charge in [0.15, 0.2) is 6.61 Å². The summed E-state index contributed by atoms with van der Waals surface area (Å²) >= 11 is 0. The summed E-state index contributed by atoms with van der Waals surface area (Å²) in [7, 11) is 0. The van der Waals surface area contributed by atoms with E-state index in [-0.39, 0.29) is 18.2 Å². The minimum Gasteiger partial charge on any atom is -0.484 e. The normalized spacial score (nSPS) is 10.7. The predicted molar refractivity (Wildman–Crippen MR) is 113 cm³/mol. The van der Waals surface area contributed by atoms with Crippen LogP contribution in [0.25, 0.3) is 16.9 Å². The quantitative estimate of drug-likeness (QED) is 0.384. The van der Waals surface area contributed by atoms with Gasteiger partial charge in [-0.05, 0) is 30.7 Å². The first kappa shape index (κ1) is 19.1. The van der Waals surface area contributed by atoms with Crippen molar-refractivity contribution in [3.8, 4) is 17.0 Å². The fourth-order valence-corrected chi connectivity index (χ4v) is 3.05. The molecule has 8 nitrogen and oxygen atoms in total. The number of imidazole rings is 1. The van der Waals surface area contributed by atoms with Crippen LogP contribution in [0.4, 0.5) is 11.5 Å². The van der Waals surface area contributed by atoms with Gasteiger partial charge in [-0.1, -0.05) is 36.4 Å². The molecule has 0 saturated carbocycles. The highest BCUT2D eigenvalue weighted by Crippen LogP contribution is 2.29. The molecule has 0 spiro atoms. The molecule has 2 aromatic carbocycles. The Labute approximate surface area is 171 Å². The number of non-ortho nitro benzene ring substituents is 1. The lowest BCUT2D eigenvalue weighted by Gasteiger charge is -2.09. The molecule has 2 heterocycles. The summed E-state index contributed by atoms with van der Waals surface area (Å²) in [5, 5.41) is 13.6. The van der Waals surface area contributed by atoms with Crippen LogP contribution in [0.5, 0.6) is 5.75 Å². The predicted octanol–water partition coefficient (Wildman–Crippen LogP) is 4.24. The Bertz CT molecular complexity index is 1220. The van der Waals surface area contributed by atoms with Gasteiger partial charge >= 0.3 is 0 Å². The van der Waals surface area contributed by atoms with Gasteiger partial charge in [0.1, 0.15) is 22.9 Å². The van der Waals surface area contributed by atoms with E-state index in [4.69, 9.17) is 4.74 Å². The standard InChI is InChI=1S/C22H18N4O4/c1-15-7-12-19-23-21(16-5-3-2-4-6-16)22(25(19)13-15)24-20(27)14-30-18-10-8-17(9-11-18)26(28)29/h2-13H,14H2,1H3,(H,24,27). The molecule has 1 amide bonds. The minimum atomic E-state index is -0.492. The van der Waals surface area contributed by atoms with E-state index in [1.807, 2.05) is 60.0 Å². The number of carbonyl (C=O) groups is 1. The zero-order valence-electron chi connectivity index (χ0n) is 16.1. The van der Waals surface area contributed by atoms with Crippen LogP contribution in [0, 0.1) is 17.0 Å². The van der Waals surface area contributed by atoms with Gasteiger partial charge in [0, 0.05) is 23.9 Å². The third-order valence-electron chi connectivity index (χ3n) is 4.49. The van der Waals surface area contributed by atoms with Crippen molar-refractivity contribution in [3.05, 3.63) is 88.6 Å². The number of pyridine rings is 1.